The van der Waals surface area contributed by atoms with E-state index in [-0.39, 0.29) is 24.9 Å². The molecule has 0 unspecified atom stereocenters. The number of imidazole rings is 1. The third kappa shape index (κ3) is 3.91. The normalized spacial score (nSPS) is 10.5. The molecule has 2 rings (SSSR count). The quantitative estimate of drug-likeness (QED) is 0.628. The van der Waals surface area contributed by atoms with E-state index < -0.39 is 0 Å². The van der Waals surface area contributed by atoms with Crippen molar-refractivity contribution in [1.29, 1.82) is 5.41 Å². The lowest BCUT2D eigenvalue weighted by Crippen LogP contribution is -2.28. The van der Waals surface area contributed by atoms with Gasteiger partial charge in [0.2, 0.25) is 5.62 Å². The molecule has 0 saturated carbocycles. The van der Waals surface area contributed by atoms with Crippen molar-refractivity contribution in [3.8, 4) is 0 Å². The van der Waals surface area contributed by atoms with E-state index in [0.717, 1.165) is 36.8 Å². The van der Waals surface area contributed by atoms with Gasteiger partial charge in [0.25, 0.3) is 0 Å². The standard InChI is InChI=1S/C16H23N3O2.ClH/c1-3-5-11-21-15(20)12-19-14-9-7-6-8-13(14)18(10-4-2)16(19)17;/h6-9,17H,3-5,10-12H2,1-2H3;1H. The molecule has 22 heavy (non-hydrogen) atoms. The van der Waals surface area contributed by atoms with Gasteiger partial charge in [-0.25, -0.2) is 0 Å². The van der Waals surface area contributed by atoms with E-state index in [1.54, 1.807) is 4.57 Å². The van der Waals surface area contributed by atoms with Crippen LogP contribution in [0.15, 0.2) is 24.3 Å². The molecule has 2 aromatic rings. The molecule has 122 valence electrons. The Morgan fingerprint density at radius 3 is 2.36 bits per heavy atom. The van der Waals surface area contributed by atoms with Crippen molar-refractivity contribution in [2.75, 3.05) is 6.61 Å². The number of ether oxygens (including phenoxy) is 1. The highest BCUT2D eigenvalue weighted by atomic mass is 35.5. The predicted molar refractivity (Wildman–Crippen MR) is 89.2 cm³/mol. The van der Waals surface area contributed by atoms with Gasteiger partial charge in [0.1, 0.15) is 6.54 Å². The lowest BCUT2D eigenvalue weighted by Gasteiger charge is -2.05. The second-order valence-corrected chi connectivity index (χ2v) is 5.12. The highest BCUT2D eigenvalue weighted by molar-refractivity contribution is 5.85. The van der Waals surface area contributed by atoms with E-state index >= 15 is 0 Å². The maximum Gasteiger partial charge on any atom is 0.326 e. The van der Waals surface area contributed by atoms with Crippen molar-refractivity contribution in [3.05, 3.63) is 29.9 Å². The second-order valence-electron chi connectivity index (χ2n) is 5.12. The van der Waals surface area contributed by atoms with Crippen LogP contribution in [0.3, 0.4) is 0 Å². The molecule has 0 fully saturated rings. The molecule has 6 heteroatoms. The Labute approximate surface area is 136 Å². The molecular formula is C16H24ClN3O2. The lowest BCUT2D eigenvalue weighted by atomic mass is 10.3. The summed E-state index contributed by atoms with van der Waals surface area (Å²) in [6, 6.07) is 7.82. The first-order chi connectivity index (χ1) is 10.2. The number of aromatic nitrogens is 2. The van der Waals surface area contributed by atoms with Crippen LogP contribution in [0.5, 0.6) is 0 Å². The molecule has 1 N–H and O–H groups in total. The Balaban J connectivity index is 0.00000242. The zero-order valence-corrected chi connectivity index (χ0v) is 14.0. The number of rotatable bonds is 7. The smallest absolute Gasteiger partial charge is 0.326 e. The molecule has 1 aromatic heterocycles. The number of halogens is 1. The summed E-state index contributed by atoms with van der Waals surface area (Å²) in [5, 5.41) is 8.30. The Bertz CT molecular complexity index is 676. The highest BCUT2D eigenvalue weighted by Gasteiger charge is 2.13. The van der Waals surface area contributed by atoms with Crippen molar-refractivity contribution in [2.45, 2.75) is 46.2 Å². The van der Waals surface area contributed by atoms with Crippen molar-refractivity contribution in [1.82, 2.24) is 9.13 Å². The topological polar surface area (TPSA) is 60.0 Å². The summed E-state index contributed by atoms with van der Waals surface area (Å²) in [6.07, 6.45) is 2.83. The largest absolute Gasteiger partial charge is 0.464 e. The van der Waals surface area contributed by atoms with Crippen LogP contribution in [0.4, 0.5) is 0 Å². The van der Waals surface area contributed by atoms with Crippen LogP contribution < -0.4 is 5.62 Å². The number of benzene rings is 1. The molecule has 0 atom stereocenters. The summed E-state index contributed by atoms with van der Waals surface area (Å²) in [5.74, 6) is -0.277. The molecule has 5 nitrogen and oxygen atoms in total. The molecule has 0 amide bonds. The van der Waals surface area contributed by atoms with Crippen molar-refractivity contribution in [2.24, 2.45) is 0 Å². The van der Waals surface area contributed by atoms with Crippen LogP contribution in [0.1, 0.15) is 33.1 Å². The molecule has 0 aliphatic carbocycles. The molecule has 0 radical (unpaired) electrons. The lowest BCUT2D eigenvalue weighted by molar-refractivity contribution is -0.144. The Morgan fingerprint density at radius 2 is 1.77 bits per heavy atom. The van der Waals surface area contributed by atoms with E-state index in [2.05, 4.69) is 13.8 Å². The van der Waals surface area contributed by atoms with E-state index in [1.807, 2.05) is 28.8 Å². The van der Waals surface area contributed by atoms with Gasteiger partial charge in [0.15, 0.2) is 0 Å². The third-order valence-electron chi connectivity index (χ3n) is 3.47. The Kier molecular flexibility index (Phi) is 7.18. The number of carbonyl (C=O) groups excluding carboxylic acids is 1. The summed E-state index contributed by atoms with van der Waals surface area (Å²) in [4.78, 5) is 11.9. The highest BCUT2D eigenvalue weighted by Crippen LogP contribution is 2.13. The maximum atomic E-state index is 11.9. The first-order valence-corrected chi connectivity index (χ1v) is 7.57. The van der Waals surface area contributed by atoms with Gasteiger partial charge in [-0.05, 0) is 25.0 Å². The van der Waals surface area contributed by atoms with Gasteiger partial charge in [-0.1, -0.05) is 32.4 Å². The molecule has 1 aromatic carbocycles. The summed E-state index contributed by atoms with van der Waals surface area (Å²) in [6.45, 7) is 5.47. The number of para-hydroxylation sites is 2. The monoisotopic (exact) mass is 325 g/mol. The molecule has 0 aliphatic rings. The van der Waals surface area contributed by atoms with Crippen LogP contribution in [0, 0.1) is 5.41 Å². The number of nitrogens with zero attached hydrogens (tertiary/aromatic N) is 2. The number of esters is 1. The van der Waals surface area contributed by atoms with Gasteiger partial charge in [-0.3, -0.25) is 14.8 Å². The van der Waals surface area contributed by atoms with E-state index in [9.17, 15) is 4.79 Å². The van der Waals surface area contributed by atoms with Crippen molar-refractivity contribution in [3.63, 3.8) is 0 Å². The second kappa shape index (κ2) is 8.63. The number of carbonyl (C=O) groups is 1. The number of aryl methyl sites for hydroxylation is 1. The van der Waals surface area contributed by atoms with Crippen molar-refractivity contribution < 1.29 is 9.53 Å². The minimum absolute atomic E-state index is 0. The number of fused-ring (bicyclic) bond motifs is 1. The van der Waals surface area contributed by atoms with Gasteiger partial charge >= 0.3 is 5.97 Å². The first-order valence-electron chi connectivity index (χ1n) is 7.57. The predicted octanol–water partition coefficient (Wildman–Crippen LogP) is 3.10. The molecule has 0 bridgehead atoms. The Hall–Kier alpha value is -1.75. The maximum absolute atomic E-state index is 11.9. The molecule has 0 saturated heterocycles. The number of nitrogens with one attached hydrogen (secondary N) is 1. The fraction of sp³-hybridized carbons (Fsp3) is 0.500. The summed E-state index contributed by atoms with van der Waals surface area (Å²) in [7, 11) is 0. The molecule has 0 aliphatic heterocycles. The van der Waals surface area contributed by atoms with Crippen LogP contribution in [-0.2, 0) is 22.6 Å². The van der Waals surface area contributed by atoms with Crippen LogP contribution in [0.2, 0.25) is 0 Å². The number of hydrogen-bond acceptors (Lipinski definition) is 3. The van der Waals surface area contributed by atoms with Crippen molar-refractivity contribution >= 4 is 29.4 Å². The van der Waals surface area contributed by atoms with Crippen LogP contribution >= 0.6 is 12.4 Å². The number of unbranched alkanes of at least 4 members (excludes halogenated alkanes) is 1. The summed E-state index contributed by atoms with van der Waals surface area (Å²) < 4.78 is 8.87. The van der Waals surface area contributed by atoms with Gasteiger partial charge in [0, 0.05) is 6.54 Å². The minimum Gasteiger partial charge on any atom is -0.464 e. The molecule has 0 spiro atoms. The average Bonchev–Trinajstić information content (AvgIpc) is 2.74. The summed E-state index contributed by atoms with van der Waals surface area (Å²) in [5.41, 5.74) is 2.25. The van der Waals surface area contributed by atoms with E-state index in [4.69, 9.17) is 10.1 Å². The Morgan fingerprint density at radius 1 is 1.14 bits per heavy atom. The van der Waals surface area contributed by atoms with Gasteiger partial charge < -0.3 is 9.30 Å². The fourth-order valence-corrected chi connectivity index (χ4v) is 2.41. The van der Waals surface area contributed by atoms with Crippen LogP contribution in [-0.4, -0.2) is 21.7 Å². The zero-order valence-electron chi connectivity index (χ0n) is 13.2. The van der Waals surface area contributed by atoms with Gasteiger partial charge in [-0.15, -0.1) is 12.4 Å². The average molecular weight is 326 g/mol. The van der Waals surface area contributed by atoms with E-state index in [1.165, 1.54) is 0 Å². The molecule has 1 heterocycles. The first kappa shape index (κ1) is 18.3. The van der Waals surface area contributed by atoms with E-state index in [0.29, 0.717) is 12.2 Å². The van der Waals surface area contributed by atoms with Crippen LogP contribution in [0.25, 0.3) is 11.0 Å². The minimum atomic E-state index is -0.277. The third-order valence-corrected chi connectivity index (χ3v) is 3.47. The number of hydrogen-bond donors (Lipinski definition) is 1. The SMILES string of the molecule is CCCCOC(=O)Cn1c(=N)n(CCC)c2ccccc21.Cl. The van der Waals surface area contributed by atoms with Gasteiger partial charge in [0.05, 0.1) is 17.6 Å². The van der Waals surface area contributed by atoms with Gasteiger partial charge in [-0.2, -0.15) is 0 Å². The zero-order chi connectivity index (χ0) is 15.2. The summed E-state index contributed by atoms with van der Waals surface area (Å²) >= 11 is 0. The molecular weight excluding hydrogens is 302 g/mol. The fourth-order valence-electron chi connectivity index (χ4n) is 2.41.